The fourth-order valence-electron chi connectivity index (χ4n) is 1.23. The van der Waals surface area contributed by atoms with Crippen LogP contribution in [0.2, 0.25) is 0 Å². The summed E-state index contributed by atoms with van der Waals surface area (Å²) in [6.07, 6.45) is 5.19. The molecule has 2 N–H and O–H groups in total. The Morgan fingerprint density at radius 3 is 2.85 bits per heavy atom. The van der Waals surface area contributed by atoms with Crippen molar-refractivity contribution in [2.45, 2.75) is 45.6 Å². The molecule has 0 bridgehead atoms. The first kappa shape index (κ1) is 10.3. The van der Waals surface area contributed by atoms with Gasteiger partial charge in [0.05, 0.1) is 11.8 Å². The van der Waals surface area contributed by atoms with Crippen LogP contribution >= 0.6 is 0 Å². The Balaban J connectivity index is 2.36. The topological polar surface area (TPSA) is 48.9 Å². The first-order valence-corrected chi connectivity index (χ1v) is 4.97. The number of nitrogens with zero attached hydrogens (tertiary/aromatic N) is 1. The zero-order chi connectivity index (χ0) is 9.68. The van der Waals surface area contributed by atoms with Gasteiger partial charge in [0.15, 0.2) is 0 Å². The molecule has 0 saturated carbocycles. The molecule has 3 nitrogen and oxygen atoms in total. The number of imidazole rings is 1. The number of nitrogens with one attached hydrogen (secondary N) is 1. The number of rotatable bonds is 5. The van der Waals surface area contributed by atoms with E-state index < -0.39 is 0 Å². The van der Waals surface area contributed by atoms with Crippen LogP contribution in [0.5, 0.6) is 0 Å². The van der Waals surface area contributed by atoms with E-state index in [2.05, 4.69) is 16.9 Å². The molecular formula is C10H18N2O. The molecule has 0 radical (unpaired) electrons. The summed E-state index contributed by atoms with van der Waals surface area (Å²) in [4.78, 5) is 7.47. The van der Waals surface area contributed by atoms with E-state index in [0.29, 0.717) is 0 Å². The molecule has 1 aromatic heterocycles. The molecular weight excluding hydrogens is 164 g/mol. The highest BCUT2D eigenvalue weighted by molar-refractivity contribution is 5.01. The number of aliphatic hydroxyl groups excluding tert-OH is 1. The molecule has 1 aromatic rings. The molecule has 0 aromatic carbocycles. The summed E-state index contributed by atoms with van der Waals surface area (Å²) in [5.41, 5.74) is 1.06. The molecule has 0 saturated heterocycles. The van der Waals surface area contributed by atoms with Gasteiger partial charge in [-0.05, 0) is 19.3 Å². The van der Waals surface area contributed by atoms with Crippen LogP contribution in [0.15, 0.2) is 6.20 Å². The van der Waals surface area contributed by atoms with Gasteiger partial charge in [-0.25, -0.2) is 4.98 Å². The monoisotopic (exact) mass is 182 g/mol. The van der Waals surface area contributed by atoms with Crippen LogP contribution in [0.4, 0.5) is 0 Å². The summed E-state index contributed by atoms with van der Waals surface area (Å²) in [5, 5.41) is 9.35. The van der Waals surface area contributed by atoms with Gasteiger partial charge in [0.1, 0.15) is 5.82 Å². The lowest BCUT2D eigenvalue weighted by molar-refractivity contribution is 0.160. The maximum atomic E-state index is 9.35. The molecule has 1 unspecified atom stereocenters. The molecule has 74 valence electrons. The van der Waals surface area contributed by atoms with Crippen molar-refractivity contribution < 1.29 is 5.11 Å². The third kappa shape index (κ3) is 3.19. The Labute approximate surface area is 79.2 Å². The van der Waals surface area contributed by atoms with Crippen molar-refractivity contribution in [2.24, 2.45) is 0 Å². The quantitative estimate of drug-likeness (QED) is 0.727. The molecule has 1 heterocycles. The third-order valence-electron chi connectivity index (χ3n) is 2.22. The first-order valence-electron chi connectivity index (χ1n) is 4.97. The van der Waals surface area contributed by atoms with E-state index in [1.54, 1.807) is 0 Å². The number of hydrogen-bond donors (Lipinski definition) is 2. The van der Waals surface area contributed by atoms with Crippen molar-refractivity contribution in [2.75, 3.05) is 0 Å². The molecule has 0 spiro atoms. The van der Waals surface area contributed by atoms with Crippen LogP contribution in [0.1, 0.15) is 38.2 Å². The second kappa shape index (κ2) is 5.02. The minimum Gasteiger partial charge on any atom is -0.393 e. The van der Waals surface area contributed by atoms with Crippen molar-refractivity contribution in [1.82, 2.24) is 9.97 Å². The van der Waals surface area contributed by atoms with E-state index in [0.717, 1.165) is 37.2 Å². The Morgan fingerprint density at radius 1 is 1.54 bits per heavy atom. The van der Waals surface area contributed by atoms with Gasteiger partial charge in [-0.2, -0.15) is 0 Å². The van der Waals surface area contributed by atoms with E-state index in [-0.39, 0.29) is 6.10 Å². The number of aromatic amines is 1. The molecule has 13 heavy (non-hydrogen) atoms. The van der Waals surface area contributed by atoms with Gasteiger partial charge in [-0.3, -0.25) is 0 Å². The van der Waals surface area contributed by atoms with Crippen molar-refractivity contribution in [3.05, 3.63) is 17.7 Å². The lowest BCUT2D eigenvalue weighted by Crippen LogP contribution is -2.05. The Bertz CT molecular complexity index is 245. The normalized spacial score (nSPS) is 13.2. The molecule has 1 rings (SSSR count). The summed E-state index contributed by atoms with van der Waals surface area (Å²) in [6.45, 7) is 4.07. The summed E-state index contributed by atoms with van der Waals surface area (Å²) in [6, 6.07) is 0. The molecule has 0 aliphatic carbocycles. The van der Waals surface area contributed by atoms with Crippen molar-refractivity contribution >= 4 is 0 Å². The zero-order valence-electron chi connectivity index (χ0n) is 8.38. The Hall–Kier alpha value is -0.830. The maximum absolute atomic E-state index is 9.35. The summed E-state index contributed by atoms with van der Waals surface area (Å²) < 4.78 is 0. The number of aryl methyl sites for hydroxylation is 2. The van der Waals surface area contributed by atoms with E-state index in [1.165, 1.54) is 0 Å². The maximum Gasteiger partial charge on any atom is 0.106 e. The predicted molar refractivity (Wildman–Crippen MR) is 52.6 cm³/mol. The second-order valence-corrected chi connectivity index (χ2v) is 3.29. The third-order valence-corrected chi connectivity index (χ3v) is 2.22. The van der Waals surface area contributed by atoms with Crippen molar-refractivity contribution in [3.63, 3.8) is 0 Å². The molecule has 0 amide bonds. The summed E-state index contributed by atoms with van der Waals surface area (Å²) >= 11 is 0. The summed E-state index contributed by atoms with van der Waals surface area (Å²) in [5.74, 6) is 1.03. The van der Waals surface area contributed by atoms with Gasteiger partial charge in [-0.1, -0.05) is 13.8 Å². The van der Waals surface area contributed by atoms with Crippen LogP contribution in [-0.2, 0) is 12.8 Å². The lowest BCUT2D eigenvalue weighted by Gasteiger charge is -2.04. The van der Waals surface area contributed by atoms with Crippen LogP contribution < -0.4 is 0 Å². The van der Waals surface area contributed by atoms with Crippen LogP contribution in [0.3, 0.4) is 0 Å². The minimum absolute atomic E-state index is 0.179. The Morgan fingerprint density at radius 2 is 2.31 bits per heavy atom. The van der Waals surface area contributed by atoms with Gasteiger partial charge in [-0.15, -0.1) is 0 Å². The largest absolute Gasteiger partial charge is 0.393 e. The Kier molecular flexibility index (Phi) is 3.96. The van der Waals surface area contributed by atoms with Crippen molar-refractivity contribution in [3.8, 4) is 0 Å². The van der Waals surface area contributed by atoms with Crippen LogP contribution in [0.25, 0.3) is 0 Å². The smallest absolute Gasteiger partial charge is 0.106 e. The van der Waals surface area contributed by atoms with E-state index in [9.17, 15) is 5.11 Å². The molecule has 3 heteroatoms. The number of aromatic nitrogens is 2. The number of aliphatic hydroxyl groups is 1. The fraction of sp³-hybridized carbons (Fsp3) is 0.700. The molecule has 0 aliphatic rings. The highest BCUT2D eigenvalue weighted by Crippen LogP contribution is 2.05. The average molecular weight is 182 g/mol. The highest BCUT2D eigenvalue weighted by Gasteiger charge is 2.03. The van der Waals surface area contributed by atoms with E-state index in [1.807, 2.05) is 13.1 Å². The predicted octanol–water partition coefficient (Wildman–Crippen LogP) is 1.68. The molecule has 0 fully saturated rings. The van der Waals surface area contributed by atoms with E-state index >= 15 is 0 Å². The lowest BCUT2D eigenvalue weighted by atomic mass is 10.1. The van der Waals surface area contributed by atoms with Gasteiger partial charge >= 0.3 is 0 Å². The average Bonchev–Trinajstić information content (AvgIpc) is 2.61. The van der Waals surface area contributed by atoms with Crippen LogP contribution in [0, 0.1) is 0 Å². The fourth-order valence-corrected chi connectivity index (χ4v) is 1.23. The molecule has 1 atom stereocenters. The number of H-pyrrole nitrogens is 1. The second-order valence-electron chi connectivity index (χ2n) is 3.29. The van der Waals surface area contributed by atoms with Crippen molar-refractivity contribution in [1.29, 1.82) is 0 Å². The van der Waals surface area contributed by atoms with Gasteiger partial charge in [0, 0.05) is 12.6 Å². The SMILES string of the molecule is CCc1nc(CCC(O)CC)c[nH]1. The zero-order valence-corrected chi connectivity index (χ0v) is 8.38. The van der Waals surface area contributed by atoms with Gasteiger partial charge < -0.3 is 10.1 Å². The van der Waals surface area contributed by atoms with Crippen LogP contribution in [-0.4, -0.2) is 21.2 Å². The van der Waals surface area contributed by atoms with E-state index in [4.69, 9.17) is 0 Å². The van der Waals surface area contributed by atoms with Gasteiger partial charge in [0.2, 0.25) is 0 Å². The standard InChI is InChI=1S/C10H18N2O/c1-3-9(13)6-5-8-7-11-10(4-2)12-8/h7,9,13H,3-6H2,1-2H3,(H,11,12). The minimum atomic E-state index is -0.179. The molecule has 0 aliphatic heterocycles. The first-order chi connectivity index (χ1) is 6.26. The number of hydrogen-bond acceptors (Lipinski definition) is 2. The highest BCUT2D eigenvalue weighted by atomic mass is 16.3. The summed E-state index contributed by atoms with van der Waals surface area (Å²) in [7, 11) is 0. The van der Waals surface area contributed by atoms with Gasteiger partial charge in [0.25, 0.3) is 0 Å².